The van der Waals surface area contributed by atoms with Gasteiger partial charge < -0.3 is 14.0 Å². The zero-order chi connectivity index (χ0) is 20.0. The Morgan fingerprint density at radius 2 is 1.97 bits per heavy atom. The van der Waals surface area contributed by atoms with Crippen LogP contribution in [0.25, 0.3) is 28.1 Å². The maximum atomic E-state index is 12.9. The Balaban J connectivity index is 1.59. The summed E-state index contributed by atoms with van der Waals surface area (Å²) in [5.41, 5.74) is 1.43. The Bertz CT molecular complexity index is 1270. The van der Waals surface area contributed by atoms with Crippen molar-refractivity contribution in [1.29, 1.82) is 0 Å². The number of nitrogens with zero attached hydrogens (tertiary/aromatic N) is 5. The summed E-state index contributed by atoms with van der Waals surface area (Å²) in [6.07, 6.45) is 4.34. The number of fused-ring (bicyclic) bond motifs is 4. The van der Waals surface area contributed by atoms with Crippen LogP contribution >= 0.6 is 0 Å². The monoisotopic (exact) mass is 391 g/mol. The summed E-state index contributed by atoms with van der Waals surface area (Å²) in [5, 5.41) is 5.13. The second-order valence-electron chi connectivity index (χ2n) is 7.56. The Morgan fingerprint density at radius 1 is 1.14 bits per heavy atom. The fourth-order valence-corrected chi connectivity index (χ4v) is 3.44. The summed E-state index contributed by atoms with van der Waals surface area (Å²) in [5.74, 6) is 2.89. The smallest absolute Gasteiger partial charge is 0.261 e. The first-order valence-corrected chi connectivity index (χ1v) is 9.75. The molecule has 3 aromatic heterocycles. The Hall–Kier alpha value is -3.42. The molecule has 1 aromatic carbocycles. The lowest BCUT2D eigenvalue weighted by Crippen LogP contribution is -2.21. The molecule has 29 heavy (non-hydrogen) atoms. The zero-order valence-electron chi connectivity index (χ0n) is 16.3. The van der Waals surface area contributed by atoms with E-state index in [4.69, 9.17) is 9.47 Å². The number of aryl methyl sites for hydroxylation is 1. The van der Waals surface area contributed by atoms with E-state index in [0.717, 1.165) is 12.0 Å². The molecule has 0 aliphatic carbocycles. The largest absolute Gasteiger partial charge is 0.486 e. The van der Waals surface area contributed by atoms with Crippen molar-refractivity contribution in [1.82, 2.24) is 24.1 Å². The van der Waals surface area contributed by atoms with E-state index in [2.05, 4.69) is 28.9 Å². The SMILES string of the molecule is CC(C)CCn1ccc2c(cnc3nc(-c4ccc5c(c4)OCCO5)nn32)c1=O. The molecule has 0 saturated carbocycles. The van der Waals surface area contributed by atoms with E-state index in [9.17, 15) is 4.79 Å². The van der Waals surface area contributed by atoms with Crippen molar-refractivity contribution in [2.24, 2.45) is 5.92 Å². The summed E-state index contributed by atoms with van der Waals surface area (Å²) in [6, 6.07) is 7.51. The van der Waals surface area contributed by atoms with Gasteiger partial charge in [-0.3, -0.25) is 4.79 Å². The van der Waals surface area contributed by atoms with Gasteiger partial charge in [0.05, 0.1) is 10.9 Å². The lowest BCUT2D eigenvalue weighted by Gasteiger charge is -2.18. The zero-order valence-corrected chi connectivity index (χ0v) is 16.3. The summed E-state index contributed by atoms with van der Waals surface area (Å²) < 4.78 is 14.6. The highest BCUT2D eigenvalue weighted by atomic mass is 16.6. The molecule has 0 radical (unpaired) electrons. The summed E-state index contributed by atoms with van der Waals surface area (Å²) in [7, 11) is 0. The third kappa shape index (κ3) is 3.10. The molecule has 0 N–H and O–H groups in total. The van der Waals surface area contributed by atoms with Gasteiger partial charge in [-0.05, 0) is 36.6 Å². The van der Waals surface area contributed by atoms with E-state index >= 15 is 0 Å². The third-order valence-electron chi connectivity index (χ3n) is 5.05. The van der Waals surface area contributed by atoms with Crippen LogP contribution in [-0.4, -0.2) is 37.4 Å². The molecule has 0 atom stereocenters. The summed E-state index contributed by atoms with van der Waals surface area (Å²) in [4.78, 5) is 21.7. The minimum Gasteiger partial charge on any atom is -0.486 e. The van der Waals surface area contributed by atoms with Crippen LogP contribution in [0.1, 0.15) is 20.3 Å². The van der Waals surface area contributed by atoms with Crippen molar-refractivity contribution in [3.8, 4) is 22.9 Å². The molecule has 148 valence electrons. The predicted octanol–water partition coefficient (Wildman–Crippen LogP) is 2.92. The Labute approximate surface area is 166 Å². The number of rotatable bonds is 4. The van der Waals surface area contributed by atoms with Crippen LogP contribution in [0, 0.1) is 5.92 Å². The standard InChI is InChI=1S/C21H21N5O3/c1-13(2)5-7-25-8-6-16-15(20(25)27)12-22-21-23-19(24-26(16)21)14-3-4-17-18(11-14)29-10-9-28-17/h3-4,6,8,11-13H,5,7,9-10H2,1-2H3. The topological polar surface area (TPSA) is 83.5 Å². The van der Waals surface area contributed by atoms with Gasteiger partial charge in [0.1, 0.15) is 13.2 Å². The van der Waals surface area contributed by atoms with Crippen LogP contribution < -0.4 is 15.0 Å². The number of ether oxygens (including phenoxy) is 2. The normalized spacial score (nSPS) is 13.5. The average Bonchev–Trinajstić information content (AvgIpc) is 3.17. The molecule has 0 saturated heterocycles. The highest BCUT2D eigenvalue weighted by molar-refractivity contribution is 5.79. The highest BCUT2D eigenvalue weighted by Gasteiger charge is 2.16. The van der Waals surface area contributed by atoms with E-state index in [-0.39, 0.29) is 5.56 Å². The van der Waals surface area contributed by atoms with Crippen molar-refractivity contribution in [2.45, 2.75) is 26.8 Å². The molecule has 4 aromatic rings. The molecule has 4 heterocycles. The van der Waals surface area contributed by atoms with Crippen molar-refractivity contribution >= 4 is 16.7 Å². The molecule has 0 fully saturated rings. The second kappa shape index (κ2) is 6.88. The van der Waals surface area contributed by atoms with Crippen LogP contribution in [0.15, 0.2) is 41.5 Å². The number of hydrogen-bond donors (Lipinski definition) is 0. The Kier molecular flexibility index (Phi) is 4.19. The summed E-state index contributed by atoms with van der Waals surface area (Å²) >= 11 is 0. The van der Waals surface area contributed by atoms with Crippen molar-refractivity contribution in [3.63, 3.8) is 0 Å². The van der Waals surface area contributed by atoms with E-state index < -0.39 is 0 Å². The quantitative estimate of drug-likeness (QED) is 0.532. The first-order chi connectivity index (χ1) is 14.1. The van der Waals surface area contributed by atoms with E-state index in [0.29, 0.717) is 59.7 Å². The van der Waals surface area contributed by atoms with Crippen LogP contribution in [0.4, 0.5) is 0 Å². The van der Waals surface area contributed by atoms with Crippen LogP contribution in [0.2, 0.25) is 0 Å². The van der Waals surface area contributed by atoms with Gasteiger partial charge in [0.25, 0.3) is 11.3 Å². The molecule has 5 rings (SSSR count). The minimum atomic E-state index is -0.0612. The van der Waals surface area contributed by atoms with Crippen LogP contribution in [-0.2, 0) is 6.54 Å². The fourth-order valence-electron chi connectivity index (χ4n) is 3.44. The van der Waals surface area contributed by atoms with Crippen molar-refractivity contribution < 1.29 is 9.47 Å². The molecule has 1 aliphatic heterocycles. The van der Waals surface area contributed by atoms with Gasteiger partial charge in [0.2, 0.25) is 0 Å². The number of aromatic nitrogens is 5. The van der Waals surface area contributed by atoms with E-state index in [1.54, 1.807) is 15.3 Å². The van der Waals surface area contributed by atoms with Crippen molar-refractivity contribution in [3.05, 3.63) is 47.0 Å². The fraction of sp³-hybridized carbons (Fsp3) is 0.333. The molecule has 1 aliphatic rings. The molecule has 0 unspecified atom stereocenters. The van der Waals surface area contributed by atoms with E-state index in [1.165, 1.54) is 0 Å². The number of hydrogen-bond acceptors (Lipinski definition) is 6. The van der Waals surface area contributed by atoms with Crippen LogP contribution in [0.5, 0.6) is 11.5 Å². The third-order valence-corrected chi connectivity index (χ3v) is 5.05. The van der Waals surface area contributed by atoms with Gasteiger partial charge in [-0.15, -0.1) is 5.10 Å². The molecular weight excluding hydrogens is 370 g/mol. The summed E-state index contributed by atoms with van der Waals surface area (Å²) in [6.45, 7) is 6.04. The Morgan fingerprint density at radius 3 is 2.79 bits per heavy atom. The predicted molar refractivity (Wildman–Crippen MR) is 108 cm³/mol. The molecular formula is C21H21N5O3. The molecule has 0 bridgehead atoms. The highest BCUT2D eigenvalue weighted by Crippen LogP contribution is 2.33. The molecule has 8 heteroatoms. The van der Waals surface area contributed by atoms with Gasteiger partial charge >= 0.3 is 0 Å². The van der Waals surface area contributed by atoms with Gasteiger partial charge in [-0.1, -0.05) is 13.8 Å². The molecule has 0 spiro atoms. The average molecular weight is 391 g/mol. The van der Waals surface area contributed by atoms with Crippen molar-refractivity contribution in [2.75, 3.05) is 13.2 Å². The maximum absolute atomic E-state index is 12.9. The van der Waals surface area contributed by atoms with Crippen LogP contribution in [0.3, 0.4) is 0 Å². The lowest BCUT2D eigenvalue weighted by atomic mass is 10.1. The van der Waals surface area contributed by atoms with Gasteiger partial charge in [0.15, 0.2) is 17.3 Å². The molecule has 8 nitrogen and oxygen atoms in total. The lowest BCUT2D eigenvalue weighted by molar-refractivity contribution is 0.171. The molecule has 0 amide bonds. The first-order valence-electron chi connectivity index (χ1n) is 9.75. The maximum Gasteiger partial charge on any atom is 0.261 e. The van der Waals surface area contributed by atoms with Gasteiger partial charge in [-0.2, -0.15) is 9.50 Å². The number of benzene rings is 1. The minimum absolute atomic E-state index is 0.0612. The first kappa shape index (κ1) is 17.7. The second-order valence-corrected chi connectivity index (χ2v) is 7.56. The van der Waals surface area contributed by atoms with Gasteiger partial charge in [0, 0.05) is 24.5 Å². The number of pyridine rings is 1. The van der Waals surface area contributed by atoms with E-state index in [1.807, 2.05) is 30.5 Å². The van der Waals surface area contributed by atoms with Gasteiger partial charge in [-0.25, -0.2) is 4.98 Å².